The fourth-order valence-corrected chi connectivity index (χ4v) is 0.968. The van der Waals surface area contributed by atoms with Crippen molar-refractivity contribution in [3.05, 3.63) is 30.0 Å². The molecule has 2 aromatic rings. The van der Waals surface area contributed by atoms with Crippen molar-refractivity contribution in [3.63, 3.8) is 0 Å². The molecule has 50 valence electrons. The Kier molecular flexibility index (Phi) is 0.586. The number of fused-ring (bicyclic) bond motifs is 1. The molecule has 0 atom stereocenters. The lowest BCUT2D eigenvalue weighted by atomic mass is 10.2. The smallest absolute Gasteiger partial charge is 0.0652 e. The predicted molar refractivity (Wildman–Crippen MR) is 40.8 cm³/mol. The summed E-state index contributed by atoms with van der Waals surface area (Å²) < 4.78 is 21.9. The highest BCUT2D eigenvalue weighted by Gasteiger charge is 1.94. The molecule has 0 spiro atoms. The van der Waals surface area contributed by atoms with Gasteiger partial charge in [0.2, 0.25) is 0 Å². The van der Waals surface area contributed by atoms with Crippen molar-refractivity contribution in [3.8, 4) is 0 Å². The Morgan fingerprint density at radius 3 is 3.50 bits per heavy atom. The standard InChI is InChI=1S/C8H8N2/c1-6-3-2-4-8-7(6)5-9-10-8/h2-5H,1H3,(H,9,10)/i1D3. The van der Waals surface area contributed by atoms with Crippen LogP contribution in [0.1, 0.15) is 9.68 Å². The summed E-state index contributed by atoms with van der Waals surface area (Å²) in [6.45, 7) is -2.07. The average molecular weight is 135 g/mol. The van der Waals surface area contributed by atoms with Crippen molar-refractivity contribution >= 4 is 10.9 Å². The minimum absolute atomic E-state index is 0.346. The lowest BCUT2D eigenvalue weighted by Gasteiger charge is -1.90. The maximum absolute atomic E-state index is 7.29. The van der Waals surface area contributed by atoms with Crippen LogP contribution in [0, 0.1) is 6.85 Å². The first-order valence-corrected chi connectivity index (χ1v) is 3.01. The molecule has 0 radical (unpaired) electrons. The Labute approximate surface area is 63.1 Å². The lowest BCUT2D eigenvalue weighted by Crippen LogP contribution is -1.71. The number of hydrogen-bond donors (Lipinski definition) is 1. The van der Waals surface area contributed by atoms with Crippen LogP contribution >= 0.6 is 0 Å². The third-order valence-electron chi connectivity index (χ3n) is 1.48. The van der Waals surface area contributed by atoms with Gasteiger partial charge in [0.25, 0.3) is 0 Å². The van der Waals surface area contributed by atoms with E-state index in [1.165, 1.54) is 6.20 Å². The average Bonchev–Trinajstić information content (AvgIpc) is 2.48. The SMILES string of the molecule is [2H]C([2H])([2H])c1cccc2[nH]ncc12. The third kappa shape index (κ3) is 0.620. The van der Waals surface area contributed by atoms with Gasteiger partial charge in [0, 0.05) is 9.50 Å². The second kappa shape index (κ2) is 1.84. The Bertz CT molecular complexity index is 430. The van der Waals surface area contributed by atoms with Gasteiger partial charge in [0.1, 0.15) is 0 Å². The van der Waals surface area contributed by atoms with E-state index in [1.54, 1.807) is 18.2 Å². The number of rotatable bonds is 0. The second-order valence-electron chi connectivity index (χ2n) is 2.14. The van der Waals surface area contributed by atoms with Crippen LogP contribution in [0.2, 0.25) is 0 Å². The summed E-state index contributed by atoms with van der Waals surface area (Å²) in [4.78, 5) is 0. The maximum Gasteiger partial charge on any atom is 0.0652 e. The lowest BCUT2D eigenvalue weighted by molar-refractivity contribution is 1.12. The number of benzene rings is 1. The summed E-state index contributed by atoms with van der Waals surface area (Å²) in [6.07, 6.45) is 1.54. The van der Waals surface area contributed by atoms with Crippen molar-refractivity contribution in [2.45, 2.75) is 6.85 Å². The number of aromatic nitrogens is 2. The molecule has 0 bridgehead atoms. The van der Waals surface area contributed by atoms with Gasteiger partial charge in [0.15, 0.2) is 0 Å². The molecule has 1 aromatic carbocycles. The second-order valence-corrected chi connectivity index (χ2v) is 2.14. The number of aromatic amines is 1. The molecule has 0 fully saturated rings. The highest BCUT2D eigenvalue weighted by Crippen LogP contribution is 2.13. The van der Waals surface area contributed by atoms with Crippen LogP contribution in [-0.2, 0) is 0 Å². The van der Waals surface area contributed by atoms with Gasteiger partial charge in [-0.3, -0.25) is 5.10 Å². The molecule has 1 N–H and O–H groups in total. The van der Waals surface area contributed by atoms with Crippen LogP contribution in [0.15, 0.2) is 24.4 Å². The predicted octanol–water partition coefficient (Wildman–Crippen LogP) is 1.87. The van der Waals surface area contributed by atoms with Gasteiger partial charge in [-0.15, -0.1) is 0 Å². The Morgan fingerprint density at radius 2 is 2.60 bits per heavy atom. The Balaban J connectivity index is 2.75. The topological polar surface area (TPSA) is 28.7 Å². The summed E-state index contributed by atoms with van der Waals surface area (Å²) in [5.74, 6) is 0. The van der Waals surface area contributed by atoms with Crippen LogP contribution in [0.3, 0.4) is 0 Å². The number of H-pyrrole nitrogens is 1. The summed E-state index contributed by atoms with van der Waals surface area (Å²) in [5.41, 5.74) is 1.10. The summed E-state index contributed by atoms with van der Waals surface area (Å²) in [6, 6.07) is 5.12. The highest BCUT2D eigenvalue weighted by atomic mass is 15.1. The fraction of sp³-hybridized carbons (Fsp3) is 0.125. The maximum atomic E-state index is 7.29. The summed E-state index contributed by atoms with van der Waals surface area (Å²) >= 11 is 0. The van der Waals surface area contributed by atoms with E-state index >= 15 is 0 Å². The quantitative estimate of drug-likeness (QED) is 0.587. The number of nitrogens with zero attached hydrogens (tertiary/aromatic N) is 1. The van der Waals surface area contributed by atoms with Gasteiger partial charge in [0.05, 0.1) is 11.7 Å². The molecular formula is C8H8N2. The molecule has 0 aliphatic rings. The van der Waals surface area contributed by atoms with Gasteiger partial charge < -0.3 is 0 Å². The van der Waals surface area contributed by atoms with Crippen LogP contribution < -0.4 is 0 Å². The van der Waals surface area contributed by atoms with E-state index in [4.69, 9.17) is 4.11 Å². The van der Waals surface area contributed by atoms with Crippen LogP contribution in [0.4, 0.5) is 0 Å². The molecule has 10 heavy (non-hydrogen) atoms. The fourth-order valence-electron chi connectivity index (χ4n) is 0.968. The third-order valence-corrected chi connectivity index (χ3v) is 1.48. The Hall–Kier alpha value is -1.31. The summed E-state index contributed by atoms with van der Waals surface area (Å²) in [5, 5.41) is 7.20. The molecule has 2 rings (SSSR count). The number of nitrogens with one attached hydrogen (secondary N) is 1. The molecular weight excluding hydrogens is 124 g/mol. The number of hydrogen-bond acceptors (Lipinski definition) is 1. The van der Waals surface area contributed by atoms with Crippen molar-refractivity contribution in [1.29, 1.82) is 0 Å². The molecule has 0 aliphatic carbocycles. The van der Waals surface area contributed by atoms with Crippen LogP contribution in [-0.4, -0.2) is 10.2 Å². The first-order chi connectivity index (χ1) is 6.09. The highest BCUT2D eigenvalue weighted by molar-refractivity contribution is 5.81. The minimum atomic E-state index is -2.07. The molecule has 1 heterocycles. The van der Waals surface area contributed by atoms with Gasteiger partial charge in [-0.1, -0.05) is 12.1 Å². The van der Waals surface area contributed by atoms with Crippen molar-refractivity contribution in [2.75, 3.05) is 0 Å². The Morgan fingerprint density at radius 1 is 1.60 bits per heavy atom. The van der Waals surface area contributed by atoms with Crippen LogP contribution in [0.5, 0.6) is 0 Å². The van der Waals surface area contributed by atoms with Gasteiger partial charge in [-0.25, -0.2) is 0 Å². The van der Waals surface area contributed by atoms with E-state index in [0.29, 0.717) is 10.9 Å². The largest absolute Gasteiger partial charge is 0.278 e. The normalized spacial score (nSPS) is 16.2. The molecule has 0 unspecified atom stereocenters. The first-order valence-electron chi connectivity index (χ1n) is 4.51. The molecule has 2 nitrogen and oxygen atoms in total. The van der Waals surface area contributed by atoms with E-state index in [-0.39, 0.29) is 0 Å². The van der Waals surface area contributed by atoms with Crippen molar-refractivity contribution < 1.29 is 4.11 Å². The minimum Gasteiger partial charge on any atom is -0.278 e. The molecule has 2 heteroatoms. The first kappa shape index (κ1) is 3.19. The zero-order valence-corrected chi connectivity index (χ0v) is 5.26. The molecule has 1 aromatic heterocycles. The van der Waals surface area contributed by atoms with Gasteiger partial charge in [-0.2, -0.15) is 5.10 Å². The van der Waals surface area contributed by atoms with E-state index in [1.807, 2.05) is 0 Å². The van der Waals surface area contributed by atoms with E-state index in [9.17, 15) is 0 Å². The van der Waals surface area contributed by atoms with Crippen molar-refractivity contribution in [1.82, 2.24) is 10.2 Å². The van der Waals surface area contributed by atoms with Gasteiger partial charge >= 0.3 is 0 Å². The van der Waals surface area contributed by atoms with Crippen LogP contribution in [0.25, 0.3) is 10.9 Å². The zero-order valence-electron chi connectivity index (χ0n) is 8.26. The zero-order chi connectivity index (χ0) is 9.47. The van der Waals surface area contributed by atoms with E-state index < -0.39 is 6.85 Å². The summed E-state index contributed by atoms with van der Waals surface area (Å²) in [7, 11) is 0. The molecule has 0 saturated heterocycles. The van der Waals surface area contributed by atoms with Gasteiger partial charge in [-0.05, 0) is 18.5 Å². The van der Waals surface area contributed by atoms with E-state index in [0.717, 1.165) is 5.52 Å². The molecule has 0 amide bonds. The molecule has 0 aliphatic heterocycles. The monoisotopic (exact) mass is 135 g/mol. The number of aryl methyl sites for hydroxylation is 1. The molecule has 0 saturated carbocycles. The van der Waals surface area contributed by atoms with E-state index in [2.05, 4.69) is 10.2 Å². The van der Waals surface area contributed by atoms with Crippen molar-refractivity contribution in [2.24, 2.45) is 0 Å².